The van der Waals surface area contributed by atoms with Gasteiger partial charge in [0.2, 0.25) is 0 Å². The third-order valence-corrected chi connectivity index (χ3v) is 5.31. The van der Waals surface area contributed by atoms with E-state index in [0.29, 0.717) is 0 Å². The van der Waals surface area contributed by atoms with Crippen molar-refractivity contribution in [1.82, 2.24) is 10.2 Å². The summed E-state index contributed by atoms with van der Waals surface area (Å²) in [6.45, 7) is 7.48. The van der Waals surface area contributed by atoms with Crippen LogP contribution in [0.25, 0.3) is 0 Å². The second-order valence-corrected chi connectivity index (χ2v) is 7.21. The lowest BCUT2D eigenvalue weighted by Crippen LogP contribution is -2.47. The van der Waals surface area contributed by atoms with Gasteiger partial charge in [0, 0.05) is 12.6 Å². The molecule has 3 rings (SSSR count). The average molecular weight is 286 g/mol. The minimum atomic E-state index is 0.736. The van der Waals surface area contributed by atoms with Crippen LogP contribution in [-0.2, 0) is 6.42 Å². The van der Waals surface area contributed by atoms with Gasteiger partial charge in [-0.2, -0.15) is 0 Å². The molecule has 2 heteroatoms. The molecule has 0 aliphatic carbocycles. The van der Waals surface area contributed by atoms with Crippen molar-refractivity contribution in [3.05, 3.63) is 35.9 Å². The molecule has 0 radical (unpaired) electrons. The SMILES string of the molecule is CC1CCNC(CN2CCC(Cc3ccccc3)CC2)C1. The van der Waals surface area contributed by atoms with Gasteiger partial charge in [-0.05, 0) is 69.1 Å². The quantitative estimate of drug-likeness (QED) is 0.913. The van der Waals surface area contributed by atoms with Crippen LogP contribution >= 0.6 is 0 Å². The van der Waals surface area contributed by atoms with Crippen molar-refractivity contribution in [3.63, 3.8) is 0 Å². The predicted molar refractivity (Wildman–Crippen MR) is 89.5 cm³/mol. The van der Waals surface area contributed by atoms with Gasteiger partial charge in [0.15, 0.2) is 0 Å². The lowest BCUT2D eigenvalue weighted by Gasteiger charge is -2.37. The number of hydrogen-bond donors (Lipinski definition) is 1. The van der Waals surface area contributed by atoms with Crippen molar-refractivity contribution in [3.8, 4) is 0 Å². The fourth-order valence-electron chi connectivity index (χ4n) is 3.99. The highest BCUT2D eigenvalue weighted by Crippen LogP contribution is 2.23. The highest BCUT2D eigenvalue weighted by molar-refractivity contribution is 5.15. The summed E-state index contributed by atoms with van der Waals surface area (Å²) in [5, 5.41) is 3.71. The van der Waals surface area contributed by atoms with E-state index < -0.39 is 0 Å². The van der Waals surface area contributed by atoms with Gasteiger partial charge < -0.3 is 10.2 Å². The van der Waals surface area contributed by atoms with Gasteiger partial charge in [-0.1, -0.05) is 37.3 Å². The first-order valence-corrected chi connectivity index (χ1v) is 8.79. The third-order valence-electron chi connectivity index (χ3n) is 5.31. The maximum absolute atomic E-state index is 3.71. The van der Waals surface area contributed by atoms with Gasteiger partial charge in [-0.15, -0.1) is 0 Å². The summed E-state index contributed by atoms with van der Waals surface area (Å²) in [5.74, 6) is 1.80. The molecule has 0 saturated carbocycles. The Bertz CT molecular complexity index is 409. The number of nitrogens with one attached hydrogen (secondary N) is 1. The van der Waals surface area contributed by atoms with E-state index in [1.807, 2.05) is 0 Å². The minimum absolute atomic E-state index is 0.736. The molecule has 0 aromatic heterocycles. The van der Waals surface area contributed by atoms with Crippen LogP contribution in [0.15, 0.2) is 30.3 Å². The smallest absolute Gasteiger partial charge is 0.0197 e. The molecule has 1 aromatic carbocycles. The number of hydrogen-bond acceptors (Lipinski definition) is 2. The van der Waals surface area contributed by atoms with Gasteiger partial charge >= 0.3 is 0 Å². The fraction of sp³-hybridized carbons (Fsp3) is 0.684. The first-order chi connectivity index (χ1) is 10.3. The standard InChI is InChI=1S/C19H30N2/c1-16-7-10-20-19(13-16)15-21-11-8-18(9-12-21)14-17-5-3-2-4-6-17/h2-6,16,18-20H,7-15H2,1H3. The van der Waals surface area contributed by atoms with E-state index in [2.05, 4.69) is 47.5 Å². The van der Waals surface area contributed by atoms with E-state index >= 15 is 0 Å². The largest absolute Gasteiger partial charge is 0.313 e. The van der Waals surface area contributed by atoms with Crippen LogP contribution in [0.3, 0.4) is 0 Å². The minimum Gasteiger partial charge on any atom is -0.313 e. The monoisotopic (exact) mass is 286 g/mol. The van der Waals surface area contributed by atoms with E-state index in [9.17, 15) is 0 Å². The molecule has 2 aliphatic rings. The maximum atomic E-state index is 3.71. The number of likely N-dealkylation sites (tertiary alicyclic amines) is 1. The highest BCUT2D eigenvalue weighted by Gasteiger charge is 2.24. The van der Waals surface area contributed by atoms with Crippen LogP contribution in [-0.4, -0.2) is 37.1 Å². The Kier molecular flexibility index (Phi) is 5.32. The van der Waals surface area contributed by atoms with Gasteiger partial charge in [-0.25, -0.2) is 0 Å². The molecule has 0 amide bonds. The van der Waals surface area contributed by atoms with E-state index in [1.165, 1.54) is 63.8 Å². The Morgan fingerprint density at radius 3 is 2.57 bits per heavy atom. The number of rotatable bonds is 4. The Morgan fingerprint density at radius 2 is 1.86 bits per heavy atom. The Morgan fingerprint density at radius 1 is 1.10 bits per heavy atom. The van der Waals surface area contributed by atoms with Crippen LogP contribution in [0.1, 0.15) is 38.2 Å². The maximum Gasteiger partial charge on any atom is 0.0197 e. The molecule has 116 valence electrons. The molecule has 2 heterocycles. The zero-order valence-corrected chi connectivity index (χ0v) is 13.4. The van der Waals surface area contributed by atoms with Crippen molar-refractivity contribution >= 4 is 0 Å². The summed E-state index contributed by atoms with van der Waals surface area (Å²) in [6, 6.07) is 11.7. The summed E-state index contributed by atoms with van der Waals surface area (Å²) in [5.41, 5.74) is 1.51. The fourth-order valence-corrected chi connectivity index (χ4v) is 3.99. The molecule has 0 bridgehead atoms. The molecular formula is C19H30N2. The van der Waals surface area contributed by atoms with Crippen molar-refractivity contribution in [2.75, 3.05) is 26.2 Å². The predicted octanol–water partition coefficient (Wildman–Crippen LogP) is 3.33. The Balaban J connectivity index is 1.40. The lowest BCUT2D eigenvalue weighted by molar-refractivity contribution is 0.152. The van der Waals surface area contributed by atoms with Gasteiger partial charge in [-0.3, -0.25) is 0 Å². The van der Waals surface area contributed by atoms with Crippen molar-refractivity contribution < 1.29 is 0 Å². The molecule has 2 unspecified atom stereocenters. The van der Waals surface area contributed by atoms with E-state index in [-0.39, 0.29) is 0 Å². The van der Waals surface area contributed by atoms with Crippen molar-refractivity contribution in [2.45, 2.75) is 45.1 Å². The van der Waals surface area contributed by atoms with Crippen LogP contribution in [0.2, 0.25) is 0 Å². The molecule has 1 N–H and O–H groups in total. The lowest BCUT2D eigenvalue weighted by atomic mass is 9.89. The molecule has 2 atom stereocenters. The zero-order valence-electron chi connectivity index (χ0n) is 13.4. The average Bonchev–Trinajstić information content (AvgIpc) is 2.50. The molecule has 2 fully saturated rings. The third kappa shape index (κ3) is 4.55. The molecule has 2 nitrogen and oxygen atoms in total. The summed E-state index contributed by atoms with van der Waals surface area (Å²) >= 11 is 0. The van der Waals surface area contributed by atoms with Crippen molar-refractivity contribution in [2.24, 2.45) is 11.8 Å². The topological polar surface area (TPSA) is 15.3 Å². The molecule has 21 heavy (non-hydrogen) atoms. The summed E-state index contributed by atoms with van der Waals surface area (Å²) in [7, 11) is 0. The first kappa shape index (κ1) is 15.1. The van der Waals surface area contributed by atoms with Crippen LogP contribution < -0.4 is 5.32 Å². The van der Waals surface area contributed by atoms with Gasteiger partial charge in [0.25, 0.3) is 0 Å². The van der Waals surface area contributed by atoms with Crippen molar-refractivity contribution in [1.29, 1.82) is 0 Å². The number of piperidine rings is 2. The summed E-state index contributed by atoms with van der Waals surface area (Å²) in [6.07, 6.45) is 6.74. The van der Waals surface area contributed by atoms with Gasteiger partial charge in [0.05, 0.1) is 0 Å². The van der Waals surface area contributed by atoms with Crippen LogP contribution in [0, 0.1) is 11.8 Å². The molecular weight excluding hydrogens is 256 g/mol. The second-order valence-electron chi connectivity index (χ2n) is 7.21. The number of nitrogens with zero attached hydrogens (tertiary/aromatic N) is 1. The van der Waals surface area contributed by atoms with E-state index in [0.717, 1.165) is 17.9 Å². The summed E-state index contributed by atoms with van der Waals surface area (Å²) in [4.78, 5) is 2.69. The van der Waals surface area contributed by atoms with E-state index in [4.69, 9.17) is 0 Å². The summed E-state index contributed by atoms with van der Waals surface area (Å²) < 4.78 is 0. The molecule has 2 aliphatic heterocycles. The zero-order chi connectivity index (χ0) is 14.5. The Hall–Kier alpha value is -0.860. The van der Waals surface area contributed by atoms with Gasteiger partial charge in [0.1, 0.15) is 0 Å². The second kappa shape index (κ2) is 7.42. The molecule has 1 aromatic rings. The Labute approximate surface area is 129 Å². The number of benzene rings is 1. The normalized spacial score (nSPS) is 28.6. The molecule has 2 saturated heterocycles. The first-order valence-electron chi connectivity index (χ1n) is 8.79. The highest BCUT2D eigenvalue weighted by atomic mass is 15.2. The van der Waals surface area contributed by atoms with Crippen LogP contribution in [0.5, 0.6) is 0 Å². The van der Waals surface area contributed by atoms with Crippen LogP contribution in [0.4, 0.5) is 0 Å². The van der Waals surface area contributed by atoms with E-state index in [1.54, 1.807) is 0 Å². The molecule has 0 spiro atoms.